The topological polar surface area (TPSA) is 29.1 Å². The van der Waals surface area contributed by atoms with Crippen molar-refractivity contribution in [2.24, 2.45) is 0 Å². The Labute approximate surface area is 109 Å². The van der Waals surface area contributed by atoms with E-state index in [0.29, 0.717) is 21.3 Å². The van der Waals surface area contributed by atoms with Crippen LogP contribution in [0.15, 0.2) is 42.5 Å². The number of rotatable bonds is 2. The van der Waals surface area contributed by atoms with Gasteiger partial charge in [0.2, 0.25) is 0 Å². The van der Waals surface area contributed by atoms with Gasteiger partial charge in [0.15, 0.2) is 0 Å². The molecule has 1 radical (unpaired) electrons. The Morgan fingerprint density at radius 2 is 1.76 bits per heavy atom. The maximum atomic E-state index is 11.8. The molecule has 0 fully saturated rings. The molecule has 17 heavy (non-hydrogen) atoms. The number of hydrogen-bond acceptors (Lipinski definition) is 1. The van der Waals surface area contributed by atoms with Crippen molar-refractivity contribution in [3.8, 4) is 0 Å². The summed E-state index contributed by atoms with van der Waals surface area (Å²) in [4.78, 5) is 11.8. The largest absolute Gasteiger partial charge is 0.322 e. The van der Waals surface area contributed by atoms with Gasteiger partial charge in [-0.05, 0) is 42.5 Å². The third kappa shape index (κ3) is 3.22. The number of halogens is 2. The molecule has 0 atom stereocenters. The molecule has 4 heteroatoms. The van der Waals surface area contributed by atoms with Crippen LogP contribution in [-0.4, -0.2) is 5.91 Å². The van der Waals surface area contributed by atoms with Crippen molar-refractivity contribution in [3.63, 3.8) is 0 Å². The minimum absolute atomic E-state index is 0.255. The second-order valence-electron chi connectivity index (χ2n) is 3.38. The molecule has 2 aromatic carbocycles. The zero-order valence-corrected chi connectivity index (χ0v) is 10.2. The Bertz CT molecular complexity index is 537. The SMILES string of the molecule is O=C(Nc1ccc(Cl)cc1)c1[c]ccc(Cl)c1. The zero-order valence-electron chi connectivity index (χ0n) is 8.71. The highest BCUT2D eigenvalue weighted by Gasteiger charge is 2.06. The van der Waals surface area contributed by atoms with Gasteiger partial charge in [-0.1, -0.05) is 29.3 Å². The van der Waals surface area contributed by atoms with E-state index in [0.717, 1.165) is 0 Å². The van der Waals surface area contributed by atoms with Crippen LogP contribution < -0.4 is 5.32 Å². The first-order valence-corrected chi connectivity index (χ1v) is 5.65. The summed E-state index contributed by atoms with van der Waals surface area (Å²) in [7, 11) is 0. The van der Waals surface area contributed by atoms with Gasteiger partial charge >= 0.3 is 0 Å². The number of anilines is 1. The molecule has 2 nitrogen and oxygen atoms in total. The molecule has 0 heterocycles. The van der Waals surface area contributed by atoms with E-state index < -0.39 is 0 Å². The third-order valence-electron chi connectivity index (χ3n) is 2.11. The van der Waals surface area contributed by atoms with Crippen LogP contribution in [0, 0.1) is 6.07 Å². The molecule has 0 spiro atoms. The van der Waals surface area contributed by atoms with E-state index in [9.17, 15) is 4.79 Å². The maximum absolute atomic E-state index is 11.8. The summed E-state index contributed by atoms with van der Waals surface area (Å²) < 4.78 is 0. The summed E-state index contributed by atoms with van der Waals surface area (Å²) in [6.45, 7) is 0. The molecule has 2 rings (SSSR count). The van der Waals surface area contributed by atoms with Crippen LogP contribution in [0.3, 0.4) is 0 Å². The molecule has 0 aliphatic heterocycles. The first kappa shape index (κ1) is 12.0. The number of hydrogen-bond donors (Lipinski definition) is 1. The molecule has 0 saturated heterocycles. The van der Waals surface area contributed by atoms with E-state index in [1.807, 2.05) is 0 Å². The minimum Gasteiger partial charge on any atom is -0.322 e. The van der Waals surface area contributed by atoms with Gasteiger partial charge in [0.05, 0.1) is 0 Å². The van der Waals surface area contributed by atoms with E-state index in [1.54, 1.807) is 42.5 Å². The van der Waals surface area contributed by atoms with Gasteiger partial charge in [-0.15, -0.1) is 0 Å². The first-order valence-electron chi connectivity index (χ1n) is 4.89. The van der Waals surface area contributed by atoms with Gasteiger partial charge in [0.1, 0.15) is 0 Å². The molecule has 1 amide bonds. The summed E-state index contributed by atoms with van der Waals surface area (Å²) >= 11 is 11.5. The van der Waals surface area contributed by atoms with Crippen molar-refractivity contribution in [2.75, 3.05) is 5.32 Å². The standard InChI is InChI=1S/C13H8Cl2NO/c14-10-4-6-12(7-5-10)16-13(17)9-2-1-3-11(15)8-9/h1,3-8H,(H,16,17). The van der Waals surface area contributed by atoms with Crippen molar-refractivity contribution in [2.45, 2.75) is 0 Å². The molecule has 0 bridgehead atoms. The molecule has 0 aromatic heterocycles. The lowest BCUT2D eigenvalue weighted by atomic mass is 10.2. The van der Waals surface area contributed by atoms with Crippen LogP contribution in [-0.2, 0) is 0 Å². The molecule has 0 aliphatic carbocycles. The molecule has 85 valence electrons. The lowest BCUT2D eigenvalue weighted by Crippen LogP contribution is -2.11. The van der Waals surface area contributed by atoms with E-state index in [4.69, 9.17) is 23.2 Å². The lowest BCUT2D eigenvalue weighted by molar-refractivity contribution is 0.102. The number of carbonyl (C=O) groups excluding carboxylic acids is 1. The highest BCUT2D eigenvalue weighted by atomic mass is 35.5. The fourth-order valence-electron chi connectivity index (χ4n) is 1.30. The predicted octanol–water partition coefficient (Wildman–Crippen LogP) is 4.05. The van der Waals surface area contributed by atoms with Gasteiger partial charge < -0.3 is 5.32 Å². The van der Waals surface area contributed by atoms with Gasteiger partial charge in [0.25, 0.3) is 5.91 Å². The maximum Gasteiger partial charge on any atom is 0.256 e. The number of amides is 1. The van der Waals surface area contributed by atoms with Crippen molar-refractivity contribution in [1.82, 2.24) is 0 Å². The molecular formula is C13H8Cl2NO. The normalized spacial score (nSPS) is 10.0. The Kier molecular flexibility index (Phi) is 3.67. The molecule has 0 unspecified atom stereocenters. The first-order chi connectivity index (χ1) is 8.15. The van der Waals surface area contributed by atoms with Crippen LogP contribution >= 0.6 is 23.2 Å². The Balaban J connectivity index is 2.14. The van der Waals surface area contributed by atoms with Gasteiger partial charge in [0, 0.05) is 21.3 Å². The van der Waals surface area contributed by atoms with Crippen molar-refractivity contribution < 1.29 is 4.79 Å². The van der Waals surface area contributed by atoms with E-state index >= 15 is 0 Å². The van der Waals surface area contributed by atoms with Gasteiger partial charge in [-0.25, -0.2) is 0 Å². The summed E-state index contributed by atoms with van der Waals surface area (Å²) in [5, 5.41) is 3.85. The molecule has 2 aromatic rings. The smallest absolute Gasteiger partial charge is 0.256 e. The van der Waals surface area contributed by atoms with E-state index in [-0.39, 0.29) is 5.91 Å². The van der Waals surface area contributed by atoms with Crippen LogP contribution in [0.25, 0.3) is 0 Å². The summed E-state index contributed by atoms with van der Waals surface area (Å²) in [5.41, 5.74) is 1.07. The number of nitrogens with one attached hydrogen (secondary N) is 1. The average Bonchev–Trinajstić information content (AvgIpc) is 2.32. The Hall–Kier alpha value is -1.51. The minimum atomic E-state index is -0.255. The molecule has 0 aliphatic rings. The second kappa shape index (κ2) is 5.21. The highest BCUT2D eigenvalue weighted by molar-refractivity contribution is 6.31. The van der Waals surface area contributed by atoms with Crippen LogP contribution in [0.2, 0.25) is 10.0 Å². The van der Waals surface area contributed by atoms with E-state index in [1.165, 1.54) is 0 Å². The van der Waals surface area contributed by atoms with Gasteiger partial charge in [-0.3, -0.25) is 4.79 Å². The summed E-state index contributed by atoms with van der Waals surface area (Å²) in [6.07, 6.45) is 0. The summed E-state index contributed by atoms with van der Waals surface area (Å²) in [5.74, 6) is -0.255. The Morgan fingerprint density at radius 3 is 2.41 bits per heavy atom. The predicted molar refractivity (Wildman–Crippen MR) is 69.7 cm³/mol. The van der Waals surface area contributed by atoms with Crippen molar-refractivity contribution in [3.05, 3.63) is 64.1 Å². The van der Waals surface area contributed by atoms with Crippen LogP contribution in [0.5, 0.6) is 0 Å². The zero-order chi connectivity index (χ0) is 12.3. The second-order valence-corrected chi connectivity index (χ2v) is 4.25. The molecule has 0 saturated carbocycles. The fraction of sp³-hybridized carbons (Fsp3) is 0. The highest BCUT2D eigenvalue weighted by Crippen LogP contribution is 2.15. The number of benzene rings is 2. The lowest BCUT2D eigenvalue weighted by Gasteiger charge is -2.05. The Morgan fingerprint density at radius 1 is 1.06 bits per heavy atom. The van der Waals surface area contributed by atoms with Crippen LogP contribution in [0.1, 0.15) is 10.4 Å². The summed E-state index contributed by atoms with van der Waals surface area (Å²) in [6, 6.07) is 14.5. The third-order valence-corrected chi connectivity index (χ3v) is 2.60. The van der Waals surface area contributed by atoms with Crippen molar-refractivity contribution in [1.29, 1.82) is 0 Å². The average molecular weight is 265 g/mol. The van der Waals surface area contributed by atoms with Crippen molar-refractivity contribution >= 4 is 34.8 Å². The van der Waals surface area contributed by atoms with Crippen LogP contribution in [0.4, 0.5) is 5.69 Å². The van der Waals surface area contributed by atoms with E-state index in [2.05, 4.69) is 11.4 Å². The quantitative estimate of drug-likeness (QED) is 0.872. The number of carbonyl (C=O) groups is 1. The fourth-order valence-corrected chi connectivity index (χ4v) is 1.60. The molecular weight excluding hydrogens is 257 g/mol. The van der Waals surface area contributed by atoms with Gasteiger partial charge in [-0.2, -0.15) is 0 Å². The molecule has 1 N–H and O–H groups in total. The monoisotopic (exact) mass is 264 g/mol.